The zero-order valence-corrected chi connectivity index (χ0v) is 44.3. The van der Waals surface area contributed by atoms with Gasteiger partial charge in [-0.15, -0.1) is 0 Å². The summed E-state index contributed by atoms with van der Waals surface area (Å²) < 4.78 is 12.1. The van der Waals surface area contributed by atoms with Crippen LogP contribution in [0, 0.1) is 5.92 Å². The summed E-state index contributed by atoms with van der Waals surface area (Å²) in [6.07, 6.45) is 3.27. The van der Waals surface area contributed by atoms with Crippen LogP contribution < -0.4 is 10.2 Å². The third kappa shape index (κ3) is 11.7. The normalized spacial score (nSPS) is 17.4. The SMILES string of the molecule is CC.CC(C)=CCc1c(-c2ccc(O)cc2O)oc2c([C@H]3C=C(C)C[C@@H](c4ccc(O)cc4O)[C@@H]3C(=O)c3ccc(O)cc3O)c(O)cc(O)c2c1=O.CC(C)=CCc1c(O)cc2c(c1O)C(=O)C(O)[C@@H](c1ccc(O)cc1)O2. The number of Topliss-reactive ketones (excluding diaryl/α,β-unsaturated/α-hetero) is 2. The Morgan fingerprint density at radius 1 is 0.633 bits per heavy atom. The highest BCUT2D eigenvalue weighted by atomic mass is 16.5. The average molecular weight is 1080 g/mol. The molecule has 1 unspecified atom stereocenters. The molecule has 2 aliphatic rings. The maximum atomic E-state index is 14.6. The highest BCUT2D eigenvalue weighted by Crippen LogP contribution is 2.54. The van der Waals surface area contributed by atoms with Gasteiger partial charge in [-0.3, -0.25) is 14.4 Å². The molecule has 17 heteroatoms. The van der Waals surface area contributed by atoms with E-state index in [9.17, 15) is 75.7 Å². The summed E-state index contributed by atoms with van der Waals surface area (Å²) in [6, 6.07) is 19.3. The van der Waals surface area contributed by atoms with E-state index in [0.29, 0.717) is 5.56 Å². The molecule has 1 aromatic heterocycles. The second kappa shape index (κ2) is 23.5. The largest absolute Gasteiger partial charge is 0.508 e. The minimum Gasteiger partial charge on any atom is -0.508 e. The molecule has 0 radical (unpaired) electrons. The molecule has 1 aliphatic carbocycles. The van der Waals surface area contributed by atoms with Gasteiger partial charge in [0.1, 0.15) is 91.3 Å². The molecule has 0 bridgehead atoms. The maximum Gasteiger partial charge on any atom is 0.202 e. The smallest absolute Gasteiger partial charge is 0.202 e. The number of allylic oxidation sites excluding steroid dienone is 6. The number of phenols is 11. The van der Waals surface area contributed by atoms with E-state index in [1.54, 1.807) is 19.1 Å². The van der Waals surface area contributed by atoms with E-state index in [-0.39, 0.29) is 121 Å². The minimum absolute atomic E-state index is 0.00863. The van der Waals surface area contributed by atoms with Crippen molar-refractivity contribution in [3.8, 4) is 80.3 Å². The Morgan fingerprint density at radius 2 is 1.20 bits per heavy atom. The molecule has 0 spiro atoms. The molecule has 9 rings (SSSR count). The Labute approximate surface area is 454 Å². The quantitative estimate of drug-likeness (QED) is 0.0447. The van der Waals surface area contributed by atoms with Gasteiger partial charge < -0.3 is 70.4 Å². The number of phenolic OH excluding ortho intramolecular Hbond substituents is 11. The Kier molecular flexibility index (Phi) is 17.1. The van der Waals surface area contributed by atoms with E-state index >= 15 is 0 Å². The van der Waals surface area contributed by atoms with Crippen LogP contribution in [0.5, 0.6) is 69.0 Å². The molecule has 0 fully saturated rings. The average Bonchev–Trinajstić information content (AvgIpc) is 3.54. The van der Waals surface area contributed by atoms with E-state index < -0.39 is 70.0 Å². The van der Waals surface area contributed by atoms with Gasteiger partial charge in [0.15, 0.2) is 18.0 Å². The van der Waals surface area contributed by atoms with Crippen molar-refractivity contribution in [3.63, 3.8) is 0 Å². The molecule has 17 nitrogen and oxygen atoms in total. The van der Waals surface area contributed by atoms with Crippen LogP contribution >= 0.6 is 0 Å². The summed E-state index contributed by atoms with van der Waals surface area (Å²) in [6.45, 7) is 13.2. The summed E-state index contributed by atoms with van der Waals surface area (Å²) >= 11 is 0. The third-order valence-corrected chi connectivity index (χ3v) is 13.7. The lowest BCUT2D eigenvalue weighted by Crippen LogP contribution is -2.36. The van der Waals surface area contributed by atoms with Gasteiger partial charge in [0.2, 0.25) is 11.2 Å². The number of aliphatic hydroxyl groups is 1. The molecule has 412 valence electrons. The van der Waals surface area contributed by atoms with Gasteiger partial charge in [-0.1, -0.05) is 67.0 Å². The van der Waals surface area contributed by atoms with Gasteiger partial charge >= 0.3 is 0 Å². The van der Waals surface area contributed by atoms with Crippen LogP contribution in [0.15, 0.2) is 135 Å². The lowest BCUT2D eigenvalue weighted by molar-refractivity contribution is 0.0210. The molecular formula is C62H62O17. The van der Waals surface area contributed by atoms with Gasteiger partial charge in [-0.25, -0.2) is 0 Å². The van der Waals surface area contributed by atoms with E-state index in [0.717, 1.165) is 41.0 Å². The topological polar surface area (TPSA) is 316 Å². The van der Waals surface area contributed by atoms with Gasteiger partial charge in [0.05, 0.1) is 11.1 Å². The lowest BCUT2D eigenvalue weighted by Gasteiger charge is -2.37. The molecule has 5 atom stereocenters. The number of fused-ring (bicyclic) bond motifs is 2. The summed E-state index contributed by atoms with van der Waals surface area (Å²) in [5.41, 5.74) is 2.36. The molecule has 1 aliphatic heterocycles. The Bertz CT molecular complexity index is 3650. The predicted octanol–water partition coefficient (Wildman–Crippen LogP) is 11.3. The van der Waals surface area contributed by atoms with Crippen molar-refractivity contribution in [2.24, 2.45) is 5.92 Å². The number of carbonyl (C=O) groups excluding carboxylic acids is 2. The number of hydrogen-bond acceptors (Lipinski definition) is 17. The third-order valence-electron chi connectivity index (χ3n) is 13.7. The number of ketones is 2. The van der Waals surface area contributed by atoms with Crippen LogP contribution in [0.3, 0.4) is 0 Å². The second-order valence-corrected chi connectivity index (χ2v) is 19.7. The number of carbonyl (C=O) groups is 2. The van der Waals surface area contributed by atoms with Crippen molar-refractivity contribution in [3.05, 3.63) is 175 Å². The van der Waals surface area contributed by atoms with E-state index in [2.05, 4.69) is 0 Å². The van der Waals surface area contributed by atoms with Gasteiger partial charge in [0.25, 0.3) is 0 Å². The summed E-state index contributed by atoms with van der Waals surface area (Å²) in [4.78, 5) is 41.7. The van der Waals surface area contributed by atoms with Crippen LogP contribution in [0.1, 0.15) is 121 Å². The van der Waals surface area contributed by atoms with Crippen LogP contribution in [-0.2, 0) is 12.8 Å². The zero-order valence-electron chi connectivity index (χ0n) is 44.3. The van der Waals surface area contributed by atoms with Crippen molar-refractivity contribution in [1.82, 2.24) is 0 Å². The number of aromatic hydroxyl groups is 11. The van der Waals surface area contributed by atoms with Gasteiger partial charge in [-0.2, -0.15) is 0 Å². The van der Waals surface area contributed by atoms with Crippen LogP contribution in [0.4, 0.5) is 0 Å². The van der Waals surface area contributed by atoms with E-state index in [1.165, 1.54) is 66.7 Å². The van der Waals surface area contributed by atoms with E-state index in [1.807, 2.05) is 47.6 Å². The standard InChI is InChI=1S/C40H36O11.C20H20O6.C2H6/c1-18(2)4-8-26-38(50)36-33(48)17-32(47)35(40(36)51-39(26)25-11-7-22(43)16-31(25)46)28-13-19(3)12-27(23-9-5-20(41)14-29(23)44)34(28)37(49)24-10-6-21(42)15-30(24)45;1-10(2)3-8-13-14(22)9-15-16(17(13)23)18(24)19(25)20(26-15)11-4-6-12(21)7-5-11;1-2/h4-7,9-11,13-17,27-28,34,41-48H,8,12H2,1-3H3;3-7,9,19-23,25H,8H2,1-2H3;1-2H3/t27-,28-,34-;19?,20-;/m01./s1. The van der Waals surface area contributed by atoms with Gasteiger partial charge in [0, 0.05) is 64.8 Å². The first-order chi connectivity index (χ1) is 37.4. The number of hydrogen-bond donors (Lipinski definition) is 12. The van der Waals surface area contributed by atoms with Crippen LogP contribution in [-0.4, -0.2) is 78.9 Å². The molecule has 0 amide bonds. The predicted molar refractivity (Wildman–Crippen MR) is 295 cm³/mol. The molecule has 7 aromatic rings. The first kappa shape index (κ1) is 57.4. The first-order valence-corrected chi connectivity index (χ1v) is 25.3. The van der Waals surface area contributed by atoms with Gasteiger partial charge in [-0.05, 0) is 107 Å². The van der Waals surface area contributed by atoms with Crippen molar-refractivity contribution in [2.45, 2.75) is 91.8 Å². The van der Waals surface area contributed by atoms with Crippen molar-refractivity contribution in [1.29, 1.82) is 0 Å². The Hall–Kier alpha value is -9.35. The van der Waals surface area contributed by atoms with Crippen LogP contribution in [0.25, 0.3) is 22.3 Å². The molecular weight excluding hydrogens is 1020 g/mol. The zero-order chi connectivity index (χ0) is 57.9. The van der Waals surface area contributed by atoms with Crippen molar-refractivity contribution >= 4 is 22.5 Å². The summed E-state index contributed by atoms with van der Waals surface area (Å²) in [5.74, 6) is -8.18. The monoisotopic (exact) mass is 1080 g/mol. The molecule has 0 saturated carbocycles. The molecule has 2 heterocycles. The Balaban J connectivity index is 0.000000270. The Morgan fingerprint density at radius 3 is 1.80 bits per heavy atom. The highest BCUT2D eigenvalue weighted by Gasteiger charge is 2.44. The minimum atomic E-state index is -1.52. The van der Waals surface area contributed by atoms with Crippen molar-refractivity contribution < 1.29 is 80.0 Å². The lowest BCUT2D eigenvalue weighted by atomic mass is 9.65. The number of ether oxygens (including phenoxy) is 1. The summed E-state index contributed by atoms with van der Waals surface area (Å²) in [5, 5.41) is 126. The van der Waals surface area contributed by atoms with E-state index in [4.69, 9.17) is 9.15 Å². The first-order valence-electron chi connectivity index (χ1n) is 25.3. The fourth-order valence-electron chi connectivity index (χ4n) is 9.91. The highest BCUT2D eigenvalue weighted by molar-refractivity contribution is 6.06. The fraction of sp³-hybridized carbons (Fsp3) is 0.242. The molecule has 0 saturated heterocycles. The second-order valence-electron chi connectivity index (χ2n) is 19.7. The van der Waals surface area contributed by atoms with Crippen LogP contribution in [0.2, 0.25) is 0 Å². The fourth-order valence-corrected chi connectivity index (χ4v) is 9.91. The maximum absolute atomic E-state index is 14.6. The number of aliphatic hydroxyl groups excluding tert-OH is 1. The number of benzene rings is 6. The molecule has 6 aromatic carbocycles. The molecule has 79 heavy (non-hydrogen) atoms. The van der Waals surface area contributed by atoms with Crippen molar-refractivity contribution in [2.75, 3.05) is 0 Å². The molecule has 12 N–H and O–H groups in total. The number of rotatable bonds is 10. The summed E-state index contributed by atoms with van der Waals surface area (Å²) in [7, 11) is 0.